The first kappa shape index (κ1) is 27.4. The smallest absolute Gasteiger partial charge is 0.405 e. The lowest BCUT2D eigenvalue weighted by molar-refractivity contribution is 0.211. The number of hydrogen-bond donors (Lipinski definition) is 3. The first-order valence-corrected chi connectivity index (χ1v) is 12.4. The van der Waals surface area contributed by atoms with Crippen molar-refractivity contribution in [3.63, 3.8) is 0 Å². The Hall–Kier alpha value is -5.17. The molecule has 0 atom stereocenters. The van der Waals surface area contributed by atoms with Crippen LogP contribution in [0.15, 0.2) is 65.8 Å². The molecule has 0 fully saturated rings. The summed E-state index contributed by atoms with van der Waals surface area (Å²) in [6, 6.07) is 10.3. The zero-order chi connectivity index (χ0) is 29.5. The second kappa shape index (κ2) is 10.4. The van der Waals surface area contributed by atoms with E-state index in [0.717, 1.165) is 10.9 Å². The number of rotatable bonds is 6. The number of pyridine rings is 1. The summed E-state index contributed by atoms with van der Waals surface area (Å²) in [7, 11) is 0. The lowest BCUT2D eigenvalue weighted by Crippen LogP contribution is -2.24. The van der Waals surface area contributed by atoms with Crippen LogP contribution in [0.5, 0.6) is 5.75 Å². The van der Waals surface area contributed by atoms with Gasteiger partial charge in [-0.25, -0.2) is 23.2 Å². The van der Waals surface area contributed by atoms with Crippen LogP contribution in [0.25, 0.3) is 22.1 Å². The van der Waals surface area contributed by atoms with Gasteiger partial charge in [-0.1, -0.05) is 26.8 Å². The highest BCUT2D eigenvalue weighted by Crippen LogP contribution is 2.31. The first-order valence-electron chi connectivity index (χ1n) is 12.4. The van der Waals surface area contributed by atoms with Crippen molar-refractivity contribution in [2.75, 3.05) is 5.32 Å². The minimum atomic E-state index is -1.11. The van der Waals surface area contributed by atoms with Crippen LogP contribution in [0.3, 0.4) is 0 Å². The highest BCUT2D eigenvalue weighted by atomic mass is 19.1. The molecule has 0 saturated carbocycles. The quantitative estimate of drug-likeness (QED) is 0.279. The van der Waals surface area contributed by atoms with Gasteiger partial charge in [0.2, 0.25) is 0 Å². The van der Waals surface area contributed by atoms with E-state index in [2.05, 4.69) is 20.5 Å². The second-order valence-corrected chi connectivity index (χ2v) is 10.2. The van der Waals surface area contributed by atoms with Crippen molar-refractivity contribution in [3.8, 4) is 17.1 Å². The lowest BCUT2D eigenvalue weighted by atomic mass is 9.86. The van der Waals surface area contributed by atoms with E-state index in [9.17, 15) is 19.1 Å². The van der Waals surface area contributed by atoms with E-state index in [1.807, 2.05) is 20.8 Å². The van der Waals surface area contributed by atoms with Gasteiger partial charge in [0.1, 0.15) is 17.5 Å². The Labute approximate surface area is 231 Å². The summed E-state index contributed by atoms with van der Waals surface area (Å²) in [6.07, 6.45) is 2.59. The molecule has 5 rings (SSSR count). The highest BCUT2D eigenvalue weighted by Gasteiger charge is 2.22. The minimum absolute atomic E-state index is 0.00919. The maximum Gasteiger partial charge on any atom is 0.410 e. The van der Waals surface area contributed by atoms with E-state index in [1.54, 1.807) is 24.3 Å². The number of nitrogens with one attached hydrogen (secondary N) is 1. The van der Waals surface area contributed by atoms with Crippen molar-refractivity contribution in [1.29, 1.82) is 0 Å². The molecule has 0 spiro atoms. The highest BCUT2D eigenvalue weighted by molar-refractivity contribution is 5.82. The Morgan fingerprint density at radius 3 is 2.54 bits per heavy atom. The van der Waals surface area contributed by atoms with Crippen LogP contribution < -0.4 is 21.3 Å². The third kappa shape index (κ3) is 5.34. The Kier molecular flexibility index (Phi) is 6.97. The molecule has 0 radical (unpaired) electrons. The molecule has 4 N–H and O–H groups in total. The van der Waals surface area contributed by atoms with Gasteiger partial charge >= 0.3 is 6.09 Å². The zero-order valence-corrected chi connectivity index (χ0v) is 22.2. The van der Waals surface area contributed by atoms with Gasteiger partial charge in [0, 0.05) is 10.9 Å². The van der Waals surface area contributed by atoms with Gasteiger partial charge in [0.05, 0.1) is 42.0 Å². The largest absolute Gasteiger partial charge is 0.410 e. The van der Waals surface area contributed by atoms with E-state index >= 15 is 4.39 Å². The fourth-order valence-corrected chi connectivity index (χ4v) is 4.30. The molecule has 0 bridgehead atoms. The van der Waals surface area contributed by atoms with Crippen LogP contribution in [0.4, 0.5) is 25.2 Å². The van der Waals surface area contributed by atoms with E-state index in [-0.39, 0.29) is 45.1 Å². The Bertz CT molecular complexity index is 1840. The van der Waals surface area contributed by atoms with Crippen LogP contribution in [-0.4, -0.2) is 35.7 Å². The Morgan fingerprint density at radius 1 is 1.12 bits per heavy atom. The first-order chi connectivity index (χ1) is 19.5. The molecule has 0 saturated heterocycles. The summed E-state index contributed by atoms with van der Waals surface area (Å²) >= 11 is 0. The van der Waals surface area contributed by atoms with Gasteiger partial charge in [-0.15, -0.1) is 5.10 Å². The average molecular weight is 562 g/mol. The van der Waals surface area contributed by atoms with Gasteiger partial charge in [-0.3, -0.25) is 4.79 Å². The third-order valence-corrected chi connectivity index (χ3v) is 6.33. The summed E-state index contributed by atoms with van der Waals surface area (Å²) in [5, 5.41) is 22.0. The number of nitrogens with two attached hydrogens (primary N) is 1. The Balaban J connectivity index is 1.63. The molecule has 210 valence electrons. The van der Waals surface area contributed by atoms with Crippen molar-refractivity contribution in [3.05, 3.63) is 94.2 Å². The van der Waals surface area contributed by atoms with Crippen molar-refractivity contribution in [2.24, 2.45) is 5.73 Å². The number of aliphatic hydroxyl groups is 1. The number of aliphatic hydroxyl groups excluding tert-OH is 1. The van der Waals surface area contributed by atoms with E-state index < -0.39 is 29.9 Å². The molecule has 41 heavy (non-hydrogen) atoms. The Morgan fingerprint density at radius 2 is 1.88 bits per heavy atom. The number of anilines is 2. The fraction of sp³-hybridized carbons (Fsp3) is 0.179. The van der Waals surface area contributed by atoms with Crippen molar-refractivity contribution in [1.82, 2.24) is 24.5 Å². The second-order valence-electron chi connectivity index (χ2n) is 10.2. The summed E-state index contributed by atoms with van der Waals surface area (Å²) in [5.41, 5.74) is 5.55. The maximum absolute atomic E-state index is 15.2. The molecular weight excluding hydrogens is 536 g/mol. The van der Waals surface area contributed by atoms with Gasteiger partial charge in [-0.2, -0.15) is 9.78 Å². The van der Waals surface area contributed by atoms with Crippen LogP contribution in [0.2, 0.25) is 0 Å². The monoisotopic (exact) mass is 561 g/mol. The van der Waals surface area contributed by atoms with Crippen LogP contribution >= 0.6 is 0 Å². The van der Waals surface area contributed by atoms with E-state index in [4.69, 9.17) is 10.5 Å². The maximum atomic E-state index is 15.2. The van der Waals surface area contributed by atoms with E-state index in [1.165, 1.54) is 35.3 Å². The molecule has 13 heteroatoms. The molecule has 5 aromatic rings. The summed E-state index contributed by atoms with van der Waals surface area (Å²) in [5.74, 6) is -1.11. The normalized spacial score (nSPS) is 11.6. The molecule has 3 heterocycles. The topological polar surface area (TPSA) is 150 Å². The van der Waals surface area contributed by atoms with Crippen LogP contribution in [0, 0.1) is 11.6 Å². The van der Waals surface area contributed by atoms with Gasteiger partial charge < -0.3 is 20.9 Å². The molecule has 11 nitrogen and oxygen atoms in total. The lowest BCUT2D eigenvalue weighted by Gasteiger charge is -2.20. The van der Waals surface area contributed by atoms with Gasteiger partial charge in [0.15, 0.2) is 11.6 Å². The van der Waals surface area contributed by atoms with Gasteiger partial charge in [0.25, 0.3) is 5.56 Å². The van der Waals surface area contributed by atoms with Crippen LogP contribution in [0.1, 0.15) is 31.9 Å². The number of carbonyl (C=O) groups excluding carboxylic acids is 1. The number of fused-ring (bicyclic) bond motifs is 1. The molecule has 0 aliphatic heterocycles. The number of nitrogens with zero attached hydrogens (tertiary/aromatic N) is 5. The number of carbonyl (C=O) groups is 1. The zero-order valence-electron chi connectivity index (χ0n) is 22.2. The van der Waals surface area contributed by atoms with Crippen molar-refractivity contribution < 1.29 is 23.4 Å². The van der Waals surface area contributed by atoms with Gasteiger partial charge in [-0.05, 0) is 47.4 Å². The molecule has 0 aliphatic rings. The molecule has 1 amide bonds. The summed E-state index contributed by atoms with van der Waals surface area (Å²) in [4.78, 5) is 28.9. The van der Waals surface area contributed by atoms with Crippen molar-refractivity contribution >= 4 is 28.5 Å². The number of hydrogen-bond acceptors (Lipinski definition) is 8. The number of primary amides is 1. The fourth-order valence-electron chi connectivity index (χ4n) is 4.30. The molecule has 2 aromatic carbocycles. The standard InChI is InChI=1S/C28H25F2N7O4/c1-28(2,3)16-9-15-11-33-37(26(39)24(15)19(30)10-16)21-6-4-5-20(18(21)14-38)36-13-22(41-27(31)40)25(35-36)34-23-8-7-17(29)12-32-23/h4-13,38H,14H2,1-3H3,(H2,31,40)(H,32,34,35). The molecular formula is C28H25F2N7O4. The molecule has 3 aromatic heterocycles. The number of amides is 1. The molecule has 0 unspecified atom stereocenters. The predicted octanol–water partition coefficient (Wildman–Crippen LogP) is 4.24. The molecule has 0 aliphatic carbocycles. The minimum Gasteiger partial charge on any atom is -0.405 e. The van der Waals surface area contributed by atoms with Crippen LogP contribution in [-0.2, 0) is 12.0 Å². The summed E-state index contributed by atoms with van der Waals surface area (Å²) < 4.78 is 35.9. The number of aromatic nitrogens is 5. The third-order valence-electron chi connectivity index (χ3n) is 6.33. The number of benzene rings is 2. The predicted molar refractivity (Wildman–Crippen MR) is 147 cm³/mol. The van der Waals surface area contributed by atoms with Crippen molar-refractivity contribution in [2.45, 2.75) is 32.8 Å². The number of halogens is 2. The average Bonchev–Trinajstić information content (AvgIpc) is 3.30. The number of ether oxygens (including phenoxy) is 1. The van der Waals surface area contributed by atoms with E-state index in [0.29, 0.717) is 10.9 Å². The SMILES string of the molecule is CC(C)(C)c1cc(F)c2c(=O)n(-c3cccc(-n4cc(OC(N)=O)c(Nc5ccc(F)cn5)n4)c3CO)ncc2c1. The summed E-state index contributed by atoms with van der Waals surface area (Å²) in [6.45, 7) is 5.26.